The molecule has 6 heteroatoms. The third kappa shape index (κ3) is 3.13. The maximum absolute atomic E-state index is 12.8. The molecule has 0 saturated carbocycles. The average Bonchev–Trinajstić information content (AvgIpc) is 2.54. The van der Waals surface area contributed by atoms with Gasteiger partial charge in [-0.15, -0.1) is 0 Å². The summed E-state index contributed by atoms with van der Waals surface area (Å²) in [6.07, 6.45) is 0. The second-order valence-corrected chi connectivity index (χ2v) is 7.36. The van der Waals surface area contributed by atoms with Crippen LogP contribution < -0.4 is 4.72 Å². The number of benzene rings is 3. The Morgan fingerprint density at radius 3 is 2.29 bits per heavy atom. The van der Waals surface area contributed by atoms with Gasteiger partial charge < -0.3 is 0 Å². The molecule has 0 unspecified atom stereocenters. The van der Waals surface area contributed by atoms with E-state index in [-0.39, 0.29) is 15.7 Å². The Balaban J connectivity index is 2.05. The van der Waals surface area contributed by atoms with E-state index in [4.69, 9.17) is 11.6 Å². The molecule has 0 atom stereocenters. The van der Waals surface area contributed by atoms with Crippen LogP contribution in [0, 0.1) is 0 Å². The molecule has 0 saturated heterocycles. The quantitative estimate of drug-likeness (QED) is 0.698. The number of halogens is 1. The number of nitrogens with one attached hydrogen (secondary N) is 1. The van der Waals surface area contributed by atoms with E-state index >= 15 is 0 Å². The topological polar surface area (TPSA) is 63.2 Å². The molecule has 0 spiro atoms. The second kappa shape index (κ2) is 6.26. The fourth-order valence-electron chi connectivity index (χ4n) is 2.47. The zero-order chi connectivity index (χ0) is 17.3. The lowest BCUT2D eigenvalue weighted by Crippen LogP contribution is -2.14. The van der Waals surface area contributed by atoms with Crippen molar-refractivity contribution in [3.8, 4) is 0 Å². The number of sulfonamides is 1. The monoisotopic (exact) mass is 359 g/mol. The van der Waals surface area contributed by atoms with Crippen molar-refractivity contribution in [2.75, 3.05) is 4.72 Å². The first kappa shape index (κ1) is 16.5. The summed E-state index contributed by atoms with van der Waals surface area (Å²) in [5, 5.41) is 1.49. The van der Waals surface area contributed by atoms with Crippen molar-refractivity contribution in [2.45, 2.75) is 11.8 Å². The van der Waals surface area contributed by atoms with Crippen LogP contribution in [0.4, 0.5) is 5.69 Å². The molecular formula is C18H14ClNO3S. The maximum Gasteiger partial charge on any atom is 0.264 e. The van der Waals surface area contributed by atoms with Crippen LogP contribution in [-0.2, 0) is 10.0 Å². The van der Waals surface area contributed by atoms with Gasteiger partial charge in [-0.2, -0.15) is 0 Å². The van der Waals surface area contributed by atoms with Crippen molar-refractivity contribution in [2.24, 2.45) is 0 Å². The van der Waals surface area contributed by atoms with Gasteiger partial charge in [0.25, 0.3) is 10.0 Å². The molecular weight excluding hydrogens is 346 g/mol. The minimum atomic E-state index is -3.87. The Morgan fingerprint density at radius 1 is 0.958 bits per heavy atom. The molecule has 24 heavy (non-hydrogen) atoms. The van der Waals surface area contributed by atoms with Crippen LogP contribution in [0.1, 0.15) is 17.3 Å². The first-order chi connectivity index (χ1) is 11.4. The van der Waals surface area contributed by atoms with E-state index in [1.54, 1.807) is 48.5 Å². The van der Waals surface area contributed by atoms with E-state index in [1.807, 2.05) is 12.1 Å². The number of carbonyl (C=O) groups excluding carboxylic acids is 1. The molecule has 3 rings (SSSR count). The second-order valence-electron chi connectivity index (χ2n) is 5.34. The predicted molar refractivity (Wildman–Crippen MR) is 96.2 cm³/mol. The fraction of sp³-hybridized carbons (Fsp3) is 0.0556. The highest BCUT2D eigenvalue weighted by molar-refractivity contribution is 7.93. The minimum absolute atomic E-state index is 0.0397. The number of rotatable bonds is 4. The fourth-order valence-corrected chi connectivity index (χ4v) is 4.29. The van der Waals surface area contributed by atoms with Crippen molar-refractivity contribution in [1.82, 2.24) is 0 Å². The molecule has 0 heterocycles. The highest BCUT2D eigenvalue weighted by Gasteiger charge is 2.21. The summed E-state index contributed by atoms with van der Waals surface area (Å²) in [7, 11) is -3.87. The molecule has 0 radical (unpaired) electrons. The summed E-state index contributed by atoms with van der Waals surface area (Å²) in [5.74, 6) is -0.0819. The van der Waals surface area contributed by atoms with Gasteiger partial charge in [-0.25, -0.2) is 8.42 Å². The Hall–Kier alpha value is -2.37. The first-order valence-electron chi connectivity index (χ1n) is 7.19. The average molecular weight is 360 g/mol. The number of anilines is 1. The van der Waals surface area contributed by atoms with Gasteiger partial charge in [0.05, 0.1) is 5.02 Å². The predicted octanol–water partition coefficient (Wildman–Crippen LogP) is 4.50. The van der Waals surface area contributed by atoms with Crippen LogP contribution in [-0.4, -0.2) is 14.2 Å². The summed E-state index contributed by atoms with van der Waals surface area (Å²) in [4.78, 5) is 11.3. The molecule has 3 aromatic carbocycles. The third-order valence-corrected chi connectivity index (χ3v) is 5.55. The smallest absolute Gasteiger partial charge is 0.264 e. The lowest BCUT2D eigenvalue weighted by Gasteiger charge is -2.12. The van der Waals surface area contributed by atoms with Gasteiger partial charge in [-0.3, -0.25) is 9.52 Å². The van der Waals surface area contributed by atoms with Crippen molar-refractivity contribution in [3.63, 3.8) is 0 Å². The Labute approximate surface area is 145 Å². The largest absolute Gasteiger partial charge is 0.295 e. The molecule has 0 fully saturated rings. The Morgan fingerprint density at radius 2 is 1.62 bits per heavy atom. The molecule has 3 aromatic rings. The third-order valence-electron chi connectivity index (χ3n) is 3.64. The van der Waals surface area contributed by atoms with Crippen LogP contribution in [0.15, 0.2) is 65.6 Å². The van der Waals surface area contributed by atoms with Gasteiger partial charge in [-0.05, 0) is 42.6 Å². The normalized spacial score (nSPS) is 11.4. The number of hydrogen-bond donors (Lipinski definition) is 1. The van der Waals surface area contributed by atoms with Gasteiger partial charge in [0, 0.05) is 16.6 Å². The van der Waals surface area contributed by atoms with Crippen LogP contribution >= 0.6 is 11.6 Å². The number of hydrogen-bond acceptors (Lipinski definition) is 3. The molecule has 0 aromatic heterocycles. The first-order valence-corrected chi connectivity index (χ1v) is 9.06. The van der Waals surface area contributed by atoms with Crippen LogP contribution in [0.25, 0.3) is 10.8 Å². The van der Waals surface area contributed by atoms with Crippen molar-refractivity contribution < 1.29 is 13.2 Å². The highest BCUT2D eigenvalue weighted by Crippen LogP contribution is 2.31. The summed E-state index contributed by atoms with van der Waals surface area (Å²) in [6.45, 7) is 1.45. The van der Waals surface area contributed by atoms with E-state index in [1.165, 1.54) is 6.92 Å². The van der Waals surface area contributed by atoms with E-state index < -0.39 is 10.0 Å². The number of ketones is 1. The molecule has 0 bridgehead atoms. The van der Waals surface area contributed by atoms with Gasteiger partial charge in [0.2, 0.25) is 0 Å². The summed E-state index contributed by atoms with van der Waals surface area (Å²) in [5.41, 5.74) is 0.880. The van der Waals surface area contributed by atoms with Gasteiger partial charge in [0.1, 0.15) is 4.90 Å². The molecule has 0 amide bonds. The van der Waals surface area contributed by atoms with Crippen molar-refractivity contribution in [1.29, 1.82) is 0 Å². The Kier molecular flexibility index (Phi) is 4.30. The van der Waals surface area contributed by atoms with Gasteiger partial charge in [-0.1, -0.05) is 41.9 Å². The summed E-state index contributed by atoms with van der Waals surface area (Å²) in [6, 6.07) is 16.7. The molecule has 1 N–H and O–H groups in total. The van der Waals surface area contributed by atoms with E-state index in [2.05, 4.69) is 4.72 Å². The number of Topliss-reactive ketones (excluding diaryl/α,β-unsaturated/α-hetero) is 1. The molecule has 0 aliphatic rings. The summed E-state index contributed by atoms with van der Waals surface area (Å²) >= 11 is 6.16. The van der Waals surface area contributed by atoms with E-state index in [9.17, 15) is 13.2 Å². The summed E-state index contributed by atoms with van der Waals surface area (Å²) < 4.78 is 28.1. The number of fused-ring (bicyclic) bond motifs is 1. The van der Waals surface area contributed by atoms with Gasteiger partial charge in [0.15, 0.2) is 5.78 Å². The zero-order valence-electron chi connectivity index (χ0n) is 12.8. The van der Waals surface area contributed by atoms with Crippen molar-refractivity contribution in [3.05, 3.63) is 71.2 Å². The molecule has 0 aliphatic heterocycles. The zero-order valence-corrected chi connectivity index (χ0v) is 14.4. The maximum atomic E-state index is 12.8. The Bertz CT molecular complexity index is 1030. The lowest BCUT2D eigenvalue weighted by molar-refractivity contribution is 0.101. The van der Waals surface area contributed by atoms with Crippen molar-refractivity contribution >= 4 is 43.9 Å². The minimum Gasteiger partial charge on any atom is -0.295 e. The van der Waals surface area contributed by atoms with Crippen LogP contribution in [0.3, 0.4) is 0 Å². The SMILES string of the molecule is CC(=O)c1ccc(NS(=O)(=O)c2c(Cl)ccc3ccccc23)cc1. The number of carbonyl (C=O) groups is 1. The van der Waals surface area contributed by atoms with E-state index in [0.29, 0.717) is 16.6 Å². The standard InChI is InChI=1S/C18H14ClNO3S/c1-12(21)13-6-9-15(10-7-13)20-24(22,23)18-16-5-3-2-4-14(16)8-11-17(18)19/h2-11,20H,1H3. The highest BCUT2D eigenvalue weighted by atomic mass is 35.5. The lowest BCUT2D eigenvalue weighted by atomic mass is 10.1. The molecule has 4 nitrogen and oxygen atoms in total. The molecule has 0 aliphatic carbocycles. The van der Waals surface area contributed by atoms with E-state index in [0.717, 1.165) is 5.39 Å². The van der Waals surface area contributed by atoms with Gasteiger partial charge >= 0.3 is 0 Å². The van der Waals surface area contributed by atoms with Crippen LogP contribution in [0.5, 0.6) is 0 Å². The van der Waals surface area contributed by atoms with Crippen LogP contribution in [0.2, 0.25) is 5.02 Å². The molecule has 122 valence electrons.